The van der Waals surface area contributed by atoms with Crippen LogP contribution >= 0.6 is 0 Å². The van der Waals surface area contributed by atoms with Crippen LogP contribution in [0.5, 0.6) is 0 Å². The Labute approximate surface area is 701 Å². The van der Waals surface area contributed by atoms with E-state index in [1.165, 1.54) is 32.7 Å². The van der Waals surface area contributed by atoms with Crippen molar-refractivity contribution in [1.29, 1.82) is 0 Å². The van der Waals surface area contributed by atoms with Gasteiger partial charge in [0.25, 0.3) is 5.91 Å². The van der Waals surface area contributed by atoms with Crippen molar-refractivity contribution in [3.8, 4) is 0 Å². The molecule has 0 aliphatic carbocycles. The molecule has 122 heavy (non-hydrogen) atoms. The first kappa shape index (κ1) is 93.4. The zero-order valence-corrected chi connectivity index (χ0v) is 67.4. The van der Waals surface area contributed by atoms with E-state index in [0.717, 1.165) is 27.8 Å². The van der Waals surface area contributed by atoms with Gasteiger partial charge in [0.05, 0.1) is 69.0 Å². The maximum absolute atomic E-state index is 14.2. The number of carbonyl (C=O) groups is 12. The molecule has 0 saturated carbocycles. The number of hydrogen-bond donors (Lipinski definition) is 16. The number of unbranched alkanes of at least 4 members (excludes halogenated alkanes) is 2. The molecule has 652 valence electrons. The van der Waals surface area contributed by atoms with Crippen LogP contribution < -0.4 is 76.1 Å². The molecule has 0 unspecified atom stereocenters. The van der Waals surface area contributed by atoms with Gasteiger partial charge in [-0.25, -0.2) is 14.0 Å². The predicted molar refractivity (Wildman–Crippen MR) is 440 cm³/mol. The van der Waals surface area contributed by atoms with Crippen LogP contribution in [0.2, 0.25) is 0 Å². The zero-order chi connectivity index (χ0) is 87.7. The van der Waals surface area contributed by atoms with Gasteiger partial charge in [-0.15, -0.1) is 15.3 Å². The van der Waals surface area contributed by atoms with Crippen molar-refractivity contribution < 1.29 is 77.0 Å². The summed E-state index contributed by atoms with van der Waals surface area (Å²) in [5.41, 5.74) is 27.3. The molecule has 3 aromatic heterocycles. The minimum atomic E-state index is -1.51. The second-order valence-corrected chi connectivity index (χ2v) is 28.9. The fourth-order valence-corrected chi connectivity index (χ4v) is 12.9. The van der Waals surface area contributed by atoms with Crippen LogP contribution in [0.1, 0.15) is 159 Å². The largest absolute Gasteiger partial charge is 0.481 e. The Kier molecular flexibility index (Phi) is 37.7. The number of nitrogens with two attached hydrogens (primary N) is 4. The number of fused-ring (bicyclic) bond motifs is 4. The molecule has 0 spiro atoms. The Morgan fingerprint density at radius 3 is 1.44 bits per heavy atom. The second kappa shape index (κ2) is 49.3. The number of benzene rings is 4. The van der Waals surface area contributed by atoms with Gasteiger partial charge in [-0.1, -0.05) is 142 Å². The van der Waals surface area contributed by atoms with Crippen LogP contribution in [0.25, 0.3) is 0 Å². The lowest BCUT2D eigenvalue weighted by atomic mass is 10.0. The SMILES string of the molecule is Cc1ccc(/C=N/OCC(=O)NCCCC[C@H]2C(=O)N[C@@H](CCCN=C(N)N)C(=O)NCC(=O)N[C@@H](CC(=O)O)C(=O)N[C@@H](Cc3ccccc3)c3cn2nn3)cc1.NC(N)=NCCC[C@@H]1NC(=O)[C@H](CCCCNC(=O)[C@H](Cc2ccccc2)n2cc(CCCF)nn2)n2cc(nn2)[C@H](Cc2ccccc2)NC(=O)[C@H](CC(=O)O)NC(=O)CNC1=O. The number of aryl methyl sites for hydroxylation is 2. The first-order valence-corrected chi connectivity index (χ1v) is 39.9. The van der Waals surface area contributed by atoms with E-state index >= 15 is 0 Å². The number of halogens is 1. The van der Waals surface area contributed by atoms with Gasteiger partial charge in [0, 0.05) is 38.8 Å². The first-order chi connectivity index (χ1) is 58.8. The monoisotopic (exact) mass is 1690 g/mol. The number of hydrogen-bond acceptors (Lipinski definition) is 22. The van der Waals surface area contributed by atoms with Gasteiger partial charge < -0.3 is 91.2 Å². The number of carboxylic acid groups (broad SMARTS) is 2. The van der Waals surface area contributed by atoms with E-state index in [4.69, 9.17) is 27.8 Å². The molecule has 0 saturated heterocycles. The number of amides is 10. The summed E-state index contributed by atoms with van der Waals surface area (Å²) < 4.78 is 17.0. The van der Waals surface area contributed by atoms with E-state index in [0.29, 0.717) is 44.2 Å². The Morgan fingerprint density at radius 1 is 0.525 bits per heavy atom. The Bertz CT molecular complexity index is 4700. The van der Waals surface area contributed by atoms with Crippen molar-refractivity contribution in [2.24, 2.45) is 38.1 Å². The van der Waals surface area contributed by atoms with E-state index in [1.54, 1.807) is 6.20 Å². The van der Waals surface area contributed by atoms with Crippen LogP contribution in [-0.2, 0) is 88.1 Å². The summed E-state index contributed by atoms with van der Waals surface area (Å²) in [4.78, 5) is 171. The zero-order valence-electron chi connectivity index (χ0n) is 67.4. The number of rotatable bonds is 37. The number of aliphatic imine (C=N–C) groups is 2. The number of nitrogens with one attached hydrogen (secondary N) is 10. The molecule has 4 bridgehead atoms. The molecule has 20 N–H and O–H groups in total. The molecule has 5 heterocycles. The standard InChI is InChI=1S/C42H55FN14O7.C38H50N12O8/c43-18-9-15-29-25-56(54-52-29)35(22-28-13-5-2-6-14-28)40(63)46-19-8-7-17-34-41(64)50-30(16-10-20-47-42(44)45)38(61)48-24-36(58)49-32(23-37(59)60)39(62)51-31(33-26-57(34)55-53-33)21-27-11-3-1-4-12-27;1-24-12-14-26(15-13-24)20-44-58-23-33(52)41-16-6-5-11-31-37(57)46-27(10-7-17-42-38(39)40)35(55)43-21-32(51)45-29(19-34(53)54)36(56)47-28(30-22-50(31)49-48-30)18-25-8-3-2-4-9-25/h1-6,11-14,25-26,30-32,34-35H,7-10,15-24H2,(H,46,63)(H,48,61)(H,49,58)(H,50,64)(H,51,62)(H,59,60)(H4,44,45,47);2-4,8-9,12-15,20,22,27-29,31H,5-7,10-11,16-19,21,23H2,1H3,(H,41,52)(H,43,55)(H,45,51)(H,46,57)(H,47,56)(H,53,54)(H4,39,40,42)/b;44-20+/t30-,31-,32-,34-,35-;27-,28-,29-,31-/m00/s1. The number of guanidine groups is 2. The summed E-state index contributed by atoms with van der Waals surface area (Å²) in [6, 6.07) is 25.4. The van der Waals surface area contributed by atoms with E-state index < -0.39 is 146 Å². The molecule has 41 nitrogen and oxygen atoms in total. The molecular weight excluding hydrogens is 1580 g/mol. The normalized spacial score (nSPS) is 18.9. The molecule has 9 rings (SSSR count). The average molecular weight is 1690 g/mol. The fraction of sp³-hybridized carbons (Fsp3) is 0.438. The van der Waals surface area contributed by atoms with Crippen LogP contribution in [-0.4, -0.2) is 221 Å². The van der Waals surface area contributed by atoms with E-state index in [9.17, 15) is 72.1 Å². The van der Waals surface area contributed by atoms with Crippen molar-refractivity contribution in [3.63, 3.8) is 0 Å². The van der Waals surface area contributed by atoms with Gasteiger partial charge in [0.15, 0.2) is 18.5 Å². The van der Waals surface area contributed by atoms with Gasteiger partial charge in [-0.3, -0.25) is 71.9 Å². The molecule has 7 aromatic rings. The lowest BCUT2D eigenvalue weighted by molar-refractivity contribution is -0.141. The van der Waals surface area contributed by atoms with Gasteiger partial charge in [-0.05, 0) is 119 Å². The smallest absolute Gasteiger partial charge is 0.305 e. The number of alkyl halides is 1. The maximum Gasteiger partial charge on any atom is 0.305 e. The number of oxime groups is 1. The first-order valence-electron chi connectivity index (χ1n) is 39.9. The van der Waals surface area contributed by atoms with Gasteiger partial charge in [0.1, 0.15) is 53.7 Å². The number of nitrogens with zero attached hydrogens (tertiary/aromatic N) is 12. The third kappa shape index (κ3) is 32.3. The van der Waals surface area contributed by atoms with Crippen LogP contribution in [0.4, 0.5) is 4.39 Å². The van der Waals surface area contributed by atoms with Gasteiger partial charge >= 0.3 is 11.9 Å². The molecule has 2 aliphatic heterocycles. The molecule has 9 atom stereocenters. The quantitative estimate of drug-likeness (QED) is 0.0102. The lowest BCUT2D eigenvalue weighted by Gasteiger charge is -2.24. The lowest BCUT2D eigenvalue weighted by Crippen LogP contribution is -2.53. The molecule has 0 radical (unpaired) electrons. The Morgan fingerprint density at radius 2 is 0.984 bits per heavy atom. The highest BCUT2D eigenvalue weighted by atomic mass is 19.1. The van der Waals surface area contributed by atoms with Crippen LogP contribution in [0, 0.1) is 6.92 Å². The third-order valence-corrected chi connectivity index (χ3v) is 19.3. The number of aromatic nitrogens is 9. The van der Waals surface area contributed by atoms with Gasteiger partial charge in [0.2, 0.25) is 53.2 Å². The van der Waals surface area contributed by atoms with Crippen molar-refractivity contribution in [3.05, 3.63) is 179 Å². The molecule has 42 heteroatoms. The summed E-state index contributed by atoms with van der Waals surface area (Å²) in [6.07, 6.45) is 8.81. The summed E-state index contributed by atoms with van der Waals surface area (Å²) in [5, 5.41) is 75.0. The van der Waals surface area contributed by atoms with Crippen LogP contribution in [0.3, 0.4) is 0 Å². The summed E-state index contributed by atoms with van der Waals surface area (Å²) in [5.74, 6) is -9.59. The predicted octanol–water partition coefficient (Wildman–Crippen LogP) is -0.396. The van der Waals surface area contributed by atoms with Crippen molar-refractivity contribution in [1.82, 2.24) is 98.1 Å². The highest BCUT2D eigenvalue weighted by molar-refractivity contribution is 5.96. The van der Waals surface area contributed by atoms with Crippen molar-refractivity contribution in [2.75, 3.05) is 52.6 Å². The number of aliphatic carboxylic acids is 2. The average Bonchev–Trinajstić information content (AvgIpc) is 1.67. The van der Waals surface area contributed by atoms with Crippen molar-refractivity contribution >= 4 is 89.1 Å². The molecular formula is C80H105FN26O15. The molecule has 0 fully saturated rings. The van der Waals surface area contributed by atoms with E-state index in [1.807, 2.05) is 122 Å². The van der Waals surface area contributed by atoms with E-state index in [-0.39, 0.29) is 126 Å². The topological polar surface area (TPSA) is 608 Å². The fourth-order valence-electron chi connectivity index (χ4n) is 12.9. The Balaban J connectivity index is 0.000000305. The minimum absolute atomic E-state index is 0.0633. The second-order valence-electron chi connectivity index (χ2n) is 28.9. The summed E-state index contributed by atoms with van der Waals surface area (Å²) >= 11 is 0. The molecule has 2 aliphatic rings. The van der Waals surface area contributed by atoms with E-state index in [2.05, 4.69) is 99.2 Å². The maximum atomic E-state index is 14.2. The molecule has 10 amide bonds. The Hall–Kier alpha value is -14.1. The number of carboxylic acids is 2. The number of carbonyl (C=O) groups excluding carboxylic acids is 10. The van der Waals surface area contributed by atoms with Crippen LogP contribution in [0.15, 0.2) is 149 Å². The van der Waals surface area contributed by atoms with Crippen molar-refractivity contribution in [2.45, 2.75) is 170 Å². The molecule has 4 aromatic carbocycles. The van der Waals surface area contributed by atoms with Gasteiger partial charge in [-0.2, -0.15) is 0 Å². The summed E-state index contributed by atoms with van der Waals surface area (Å²) in [6.45, 7) is 0.729. The highest BCUT2D eigenvalue weighted by Crippen LogP contribution is 2.25. The third-order valence-electron chi connectivity index (χ3n) is 19.3. The minimum Gasteiger partial charge on any atom is -0.481 e. The highest BCUT2D eigenvalue weighted by Gasteiger charge is 2.35. The summed E-state index contributed by atoms with van der Waals surface area (Å²) in [7, 11) is 0.